The van der Waals surface area contributed by atoms with E-state index in [-0.39, 0.29) is 19.8 Å². The van der Waals surface area contributed by atoms with E-state index in [1.807, 2.05) is 91.0 Å². The van der Waals surface area contributed by atoms with Crippen LogP contribution < -0.4 is 0 Å². The molecule has 1 aliphatic heterocycles. The van der Waals surface area contributed by atoms with Crippen molar-refractivity contribution in [1.29, 1.82) is 0 Å². The minimum atomic E-state index is -2.38. The van der Waals surface area contributed by atoms with E-state index in [1.54, 1.807) is 0 Å². The normalized spacial score (nSPS) is 22.5. The first kappa shape index (κ1) is 31.1. The molecule has 0 aliphatic carbocycles. The summed E-state index contributed by atoms with van der Waals surface area (Å²) < 4.78 is 27.8. The van der Waals surface area contributed by atoms with E-state index in [1.165, 1.54) is 0 Å². The van der Waals surface area contributed by atoms with Crippen LogP contribution in [0.25, 0.3) is 10.4 Å². The number of hydrogen-bond donors (Lipinski definition) is 0. The van der Waals surface area contributed by atoms with Crippen LogP contribution in [-0.2, 0) is 48.3 Å². The second kappa shape index (κ2) is 15.4. The fourth-order valence-electron chi connectivity index (χ4n) is 4.27. The molecule has 0 spiro atoms. The topological polar surface area (TPSA) is 112 Å². The van der Waals surface area contributed by atoms with Crippen molar-refractivity contribution in [3.63, 3.8) is 0 Å². The summed E-state index contributed by atoms with van der Waals surface area (Å²) in [5, 5.41) is 3.86. The molecule has 12 heteroatoms. The number of carbonyl (C=O) groups is 1. The predicted molar refractivity (Wildman–Crippen MR) is 154 cm³/mol. The first-order valence-electron chi connectivity index (χ1n) is 12.8. The number of benzene rings is 3. The summed E-state index contributed by atoms with van der Waals surface area (Å²) in [4.78, 5) is 15.5. The van der Waals surface area contributed by atoms with Gasteiger partial charge in [0.05, 0.1) is 26.4 Å². The third-order valence-electron chi connectivity index (χ3n) is 6.22. The van der Waals surface area contributed by atoms with Crippen molar-refractivity contribution in [2.75, 3.05) is 6.61 Å². The highest BCUT2D eigenvalue weighted by molar-refractivity contribution is 6.75. The lowest BCUT2D eigenvalue weighted by atomic mass is 9.96. The van der Waals surface area contributed by atoms with Gasteiger partial charge in [-0.1, -0.05) is 131 Å². The molecule has 1 fully saturated rings. The fourth-order valence-corrected chi connectivity index (χ4v) is 4.40. The molecule has 0 radical (unpaired) electrons. The summed E-state index contributed by atoms with van der Waals surface area (Å²) in [5.74, 6) is -1.19. The first-order chi connectivity index (χ1) is 19.8. The Labute approximate surface area is 252 Å². The number of rotatable bonds is 12. The Morgan fingerprint density at radius 2 is 1.29 bits per heavy atom. The van der Waals surface area contributed by atoms with Crippen molar-refractivity contribution in [3.8, 4) is 0 Å². The standard InChI is InChI=1S/C29H28Cl3N3O6/c30-29(31,32)28(36)41-27-24(34-35-33)26(39-18-22-14-8-3-9-15-22)25(38-17-21-12-6-2-7-13-21)23(40-27)19-37-16-20-10-4-1-5-11-20/h1-15,23-27H,16-19H2/t23?,24?,25-,26+,27?/m0/s1. The Kier molecular flexibility index (Phi) is 11.7. The number of halogens is 3. The Morgan fingerprint density at radius 3 is 1.78 bits per heavy atom. The Hall–Kier alpha value is -2.85. The van der Waals surface area contributed by atoms with Gasteiger partial charge in [-0.25, -0.2) is 4.79 Å². The predicted octanol–water partition coefficient (Wildman–Crippen LogP) is 6.69. The highest BCUT2D eigenvalue weighted by Crippen LogP contribution is 2.34. The molecule has 0 aromatic heterocycles. The van der Waals surface area contributed by atoms with E-state index in [4.69, 9.17) is 58.5 Å². The Bertz CT molecular complexity index is 1280. The molecule has 0 bridgehead atoms. The van der Waals surface area contributed by atoms with Crippen LogP contribution >= 0.6 is 34.8 Å². The molecule has 3 aromatic rings. The van der Waals surface area contributed by atoms with E-state index < -0.39 is 40.4 Å². The molecule has 1 saturated heterocycles. The van der Waals surface area contributed by atoms with Gasteiger partial charge < -0.3 is 23.7 Å². The molecule has 1 aliphatic rings. The lowest BCUT2D eigenvalue weighted by Gasteiger charge is -2.44. The molecule has 1 heterocycles. The van der Waals surface area contributed by atoms with Crippen LogP contribution in [0.5, 0.6) is 0 Å². The minimum absolute atomic E-state index is 0.0321. The maximum atomic E-state index is 12.5. The molecule has 0 N–H and O–H groups in total. The molecule has 0 saturated carbocycles. The van der Waals surface area contributed by atoms with Crippen molar-refractivity contribution in [2.45, 2.75) is 54.3 Å². The molecule has 3 aromatic carbocycles. The number of ether oxygens (including phenoxy) is 5. The molecule has 216 valence electrons. The van der Waals surface area contributed by atoms with Crippen LogP contribution in [0.3, 0.4) is 0 Å². The molecular formula is C29H28Cl3N3O6. The van der Waals surface area contributed by atoms with Crippen LogP contribution in [0.4, 0.5) is 0 Å². The quantitative estimate of drug-likeness (QED) is 0.0733. The maximum absolute atomic E-state index is 12.5. The van der Waals surface area contributed by atoms with E-state index in [2.05, 4.69) is 10.0 Å². The summed E-state index contributed by atoms with van der Waals surface area (Å²) >= 11 is 17.3. The number of nitrogens with zero attached hydrogens (tertiary/aromatic N) is 3. The van der Waals surface area contributed by atoms with Gasteiger partial charge in [-0.2, -0.15) is 0 Å². The van der Waals surface area contributed by atoms with Gasteiger partial charge in [0.15, 0.2) is 0 Å². The summed E-state index contributed by atoms with van der Waals surface area (Å²) in [6.07, 6.45) is -3.99. The fraction of sp³-hybridized carbons (Fsp3) is 0.345. The Balaban J connectivity index is 1.63. The summed E-state index contributed by atoms with van der Waals surface area (Å²) in [6.45, 7) is 0.679. The van der Waals surface area contributed by atoms with Gasteiger partial charge in [0.1, 0.15) is 24.4 Å². The van der Waals surface area contributed by atoms with Crippen molar-refractivity contribution >= 4 is 40.8 Å². The smallest absolute Gasteiger partial charge is 0.360 e. The maximum Gasteiger partial charge on any atom is 0.360 e. The van der Waals surface area contributed by atoms with E-state index in [0.29, 0.717) is 6.61 Å². The van der Waals surface area contributed by atoms with E-state index in [9.17, 15) is 10.3 Å². The summed E-state index contributed by atoms with van der Waals surface area (Å²) in [7, 11) is 0. The van der Waals surface area contributed by atoms with Crippen LogP contribution in [0.2, 0.25) is 0 Å². The molecule has 41 heavy (non-hydrogen) atoms. The number of alkyl halides is 3. The first-order valence-corrected chi connectivity index (χ1v) is 13.9. The molecule has 0 amide bonds. The number of esters is 1. The summed E-state index contributed by atoms with van der Waals surface area (Å²) in [5.41, 5.74) is 12.1. The lowest BCUT2D eigenvalue weighted by molar-refractivity contribution is -0.279. The minimum Gasteiger partial charge on any atom is -0.432 e. The number of hydrogen-bond acceptors (Lipinski definition) is 7. The lowest BCUT2D eigenvalue weighted by Crippen LogP contribution is -2.61. The number of carbonyl (C=O) groups excluding carboxylic acids is 1. The molecule has 9 nitrogen and oxygen atoms in total. The van der Waals surface area contributed by atoms with E-state index in [0.717, 1.165) is 16.7 Å². The van der Waals surface area contributed by atoms with Crippen molar-refractivity contribution in [3.05, 3.63) is 118 Å². The SMILES string of the molecule is [N-]=[N+]=NC1C(OC(=O)C(Cl)(Cl)Cl)OC(COCc2ccccc2)[C@H](OCc2ccccc2)[C@@H]1OCc1ccccc1. The average Bonchev–Trinajstić information content (AvgIpc) is 2.98. The van der Waals surface area contributed by atoms with Crippen LogP contribution in [0.1, 0.15) is 16.7 Å². The van der Waals surface area contributed by atoms with Gasteiger partial charge >= 0.3 is 5.97 Å². The van der Waals surface area contributed by atoms with Gasteiger partial charge in [-0.05, 0) is 22.2 Å². The second-order valence-electron chi connectivity index (χ2n) is 9.16. The Morgan fingerprint density at radius 1 is 0.805 bits per heavy atom. The van der Waals surface area contributed by atoms with Gasteiger partial charge in [-0.15, -0.1) is 0 Å². The second-order valence-corrected chi connectivity index (χ2v) is 11.4. The van der Waals surface area contributed by atoms with Crippen molar-refractivity contribution in [2.24, 2.45) is 5.11 Å². The third kappa shape index (κ3) is 9.33. The molecule has 3 unspecified atom stereocenters. The van der Waals surface area contributed by atoms with Crippen LogP contribution in [-0.4, -0.2) is 47.0 Å². The zero-order valence-electron chi connectivity index (χ0n) is 21.8. The average molecular weight is 621 g/mol. The van der Waals surface area contributed by atoms with Crippen molar-refractivity contribution in [1.82, 2.24) is 0 Å². The highest BCUT2D eigenvalue weighted by atomic mass is 35.6. The molecule has 4 rings (SSSR count). The summed E-state index contributed by atoms with van der Waals surface area (Å²) in [6, 6.07) is 27.4. The van der Waals surface area contributed by atoms with Gasteiger partial charge in [-0.3, -0.25) is 0 Å². The van der Waals surface area contributed by atoms with E-state index >= 15 is 0 Å². The zero-order valence-corrected chi connectivity index (χ0v) is 24.1. The number of azide groups is 1. The molecular weight excluding hydrogens is 593 g/mol. The van der Waals surface area contributed by atoms with Crippen molar-refractivity contribution < 1.29 is 28.5 Å². The van der Waals surface area contributed by atoms with Crippen LogP contribution in [0, 0.1) is 0 Å². The monoisotopic (exact) mass is 619 g/mol. The van der Waals surface area contributed by atoms with Crippen LogP contribution in [0.15, 0.2) is 96.1 Å². The third-order valence-corrected chi connectivity index (χ3v) is 6.68. The molecule has 5 atom stereocenters. The van der Waals surface area contributed by atoms with Gasteiger partial charge in [0, 0.05) is 4.91 Å². The van der Waals surface area contributed by atoms with Gasteiger partial charge in [0.25, 0.3) is 3.79 Å². The largest absolute Gasteiger partial charge is 0.432 e. The zero-order chi connectivity index (χ0) is 29.1. The van der Waals surface area contributed by atoms with Gasteiger partial charge in [0.2, 0.25) is 6.29 Å². The highest BCUT2D eigenvalue weighted by Gasteiger charge is 2.50.